The zero-order valence-electron chi connectivity index (χ0n) is 8.38. The largest absolute Gasteiger partial charge is 0.381 e. The molecule has 0 heterocycles. The first-order valence-electron chi connectivity index (χ1n) is 4.70. The van der Waals surface area contributed by atoms with Crippen molar-refractivity contribution in [1.29, 1.82) is 0 Å². The van der Waals surface area contributed by atoms with E-state index in [2.05, 4.69) is 19.0 Å². The number of rotatable bonds is 8. The predicted octanol–water partition coefficient (Wildman–Crippen LogP) is 0.694. The third kappa shape index (κ3) is 9.88. The van der Waals surface area contributed by atoms with E-state index in [9.17, 15) is 0 Å². The molecule has 0 aliphatic rings. The molecule has 3 heteroatoms. The van der Waals surface area contributed by atoms with E-state index in [1.54, 1.807) is 0 Å². The zero-order valence-corrected chi connectivity index (χ0v) is 8.38. The van der Waals surface area contributed by atoms with Gasteiger partial charge in [0.1, 0.15) is 0 Å². The minimum absolute atomic E-state index is 0.779. The van der Waals surface area contributed by atoms with Crippen LogP contribution < -0.4 is 5.73 Å². The van der Waals surface area contributed by atoms with Gasteiger partial charge in [0.15, 0.2) is 0 Å². The van der Waals surface area contributed by atoms with Crippen LogP contribution in [0.15, 0.2) is 0 Å². The molecular weight excluding hydrogens is 152 g/mol. The van der Waals surface area contributed by atoms with Gasteiger partial charge >= 0.3 is 0 Å². The zero-order chi connectivity index (χ0) is 9.23. The summed E-state index contributed by atoms with van der Waals surface area (Å²) in [6, 6.07) is 0. The number of hydrogen-bond acceptors (Lipinski definition) is 3. The predicted molar refractivity (Wildman–Crippen MR) is 52.3 cm³/mol. The molecule has 0 aliphatic carbocycles. The maximum Gasteiger partial charge on any atom is 0.0478 e. The summed E-state index contributed by atoms with van der Waals surface area (Å²) < 4.78 is 5.40. The molecule has 0 aromatic carbocycles. The van der Waals surface area contributed by atoms with Crippen LogP contribution in [0.2, 0.25) is 0 Å². The average molecular weight is 174 g/mol. The Hall–Kier alpha value is -0.120. The highest BCUT2D eigenvalue weighted by atomic mass is 16.5. The lowest BCUT2D eigenvalue weighted by atomic mass is 10.3. The van der Waals surface area contributed by atoms with Crippen molar-refractivity contribution < 1.29 is 4.74 Å². The molecule has 0 saturated heterocycles. The van der Waals surface area contributed by atoms with Crippen LogP contribution in [-0.4, -0.2) is 45.3 Å². The van der Waals surface area contributed by atoms with E-state index in [4.69, 9.17) is 10.5 Å². The molecule has 0 atom stereocenters. The number of unbranched alkanes of at least 4 members (excludes halogenated alkanes) is 1. The lowest BCUT2D eigenvalue weighted by Crippen LogP contribution is -2.15. The summed E-state index contributed by atoms with van der Waals surface area (Å²) >= 11 is 0. The van der Waals surface area contributed by atoms with Gasteiger partial charge in [0.25, 0.3) is 0 Å². The van der Waals surface area contributed by atoms with Gasteiger partial charge in [-0.05, 0) is 46.4 Å². The second kappa shape index (κ2) is 8.97. The molecule has 0 aliphatic heterocycles. The molecule has 0 radical (unpaired) electrons. The van der Waals surface area contributed by atoms with Crippen molar-refractivity contribution in [3.05, 3.63) is 0 Å². The standard InChI is InChI=1S/C9H22N2O/c1-11(2)7-5-9-12-8-4-3-6-10/h3-10H2,1-2H3. The molecule has 74 valence electrons. The van der Waals surface area contributed by atoms with E-state index in [0.29, 0.717) is 0 Å². The second-order valence-electron chi connectivity index (χ2n) is 3.26. The van der Waals surface area contributed by atoms with Crippen molar-refractivity contribution in [2.24, 2.45) is 5.73 Å². The van der Waals surface area contributed by atoms with E-state index in [0.717, 1.165) is 45.6 Å². The summed E-state index contributed by atoms with van der Waals surface area (Å²) in [5.74, 6) is 0. The van der Waals surface area contributed by atoms with Crippen LogP contribution in [-0.2, 0) is 4.74 Å². The van der Waals surface area contributed by atoms with Crippen molar-refractivity contribution in [3.8, 4) is 0 Å². The topological polar surface area (TPSA) is 38.5 Å². The minimum Gasteiger partial charge on any atom is -0.381 e. The van der Waals surface area contributed by atoms with Crippen molar-refractivity contribution in [3.63, 3.8) is 0 Å². The lowest BCUT2D eigenvalue weighted by Gasteiger charge is -2.08. The molecule has 0 aromatic rings. The molecule has 3 nitrogen and oxygen atoms in total. The van der Waals surface area contributed by atoms with Crippen LogP contribution in [0.3, 0.4) is 0 Å². The molecule has 0 fully saturated rings. The number of hydrogen-bond donors (Lipinski definition) is 1. The highest BCUT2D eigenvalue weighted by molar-refractivity contribution is 4.43. The van der Waals surface area contributed by atoms with E-state index < -0.39 is 0 Å². The Labute approximate surface area is 75.9 Å². The summed E-state index contributed by atoms with van der Waals surface area (Å²) in [6.07, 6.45) is 3.29. The molecule has 0 aromatic heterocycles. The Morgan fingerprint density at radius 1 is 1.08 bits per heavy atom. The van der Waals surface area contributed by atoms with Crippen LogP contribution in [0.4, 0.5) is 0 Å². The van der Waals surface area contributed by atoms with Crippen LogP contribution in [0.25, 0.3) is 0 Å². The van der Waals surface area contributed by atoms with Gasteiger partial charge in [-0.2, -0.15) is 0 Å². The average Bonchev–Trinajstić information content (AvgIpc) is 2.02. The Balaban J connectivity index is 2.82. The fourth-order valence-corrected chi connectivity index (χ4v) is 0.933. The SMILES string of the molecule is CN(C)CCCOCCCCN. The minimum atomic E-state index is 0.779. The van der Waals surface area contributed by atoms with Crippen LogP contribution in [0.5, 0.6) is 0 Å². The van der Waals surface area contributed by atoms with Crippen molar-refractivity contribution in [2.45, 2.75) is 19.3 Å². The number of nitrogens with zero attached hydrogens (tertiary/aromatic N) is 1. The van der Waals surface area contributed by atoms with Gasteiger partial charge in [-0.1, -0.05) is 0 Å². The van der Waals surface area contributed by atoms with E-state index in [-0.39, 0.29) is 0 Å². The third-order valence-corrected chi connectivity index (χ3v) is 1.64. The van der Waals surface area contributed by atoms with Crippen LogP contribution in [0, 0.1) is 0 Å². The van der Waals surface area contributed by atoms with E-state index in [1.165, 1.54) is 0 Å². The van der Waals surface area contributed by atoms with E-state index >= 15 is 0 Å². The highest BCUT2D eigenvalue weighted by Gasteiger charge is 1.91. The monoisotopic (exact) mass is 174 g/mol. The van der Waals surface area contributed by atoms with E-state index in [1.807, 2.05) is 0 Å². The maximum atomic E-state index is 5.40. The van der Waals surface area contributed by atoms with Gasteiger partial charge in [-0.25, -0.2) is 0 Å². The fourth-order valence-electron chi connectivity index (χ4n) is 0.933. The summed E-state index contributed by atoms with van der Waals surface area (Å²) in [4.78, 5) is 2.17. The molecule has 0 unspecified atom stereocenters. The van der Waals surface area contributed by atoms with Crippen LogP contribution >= 0.6 is 0 Å². The van der Waals surface area contributed by atoms with Crippen molar-refractivity contribution in [2.75, 3.05) is 40.4 Å². The normalized spacial score (nSPS) is 11.0. The Morgan fingerprint density at radius 3 is 2.33 bits per heavy atom. The molecule has 0 rings (SSSR count). The maximum absolute atomic E-state index is 5.40. The molecule has 2 N–H and O–H groups in total. The van der Waals surface area contributed by atoms with Gasteiger partial charge in [-0.3, -0.25) is 0 Å². The first kappa shape index (κ1) is 11.9. The third-order valence-electron chi connectivity index (χ3n) is 1.64. The lowest BCUT2D eigenvalue weighted by molar-refractivity contribution is 0.123. The highest BCUT2D eigenvalue weighted by Crippen LogP contribution is 1.90. The Kier molecular flexibility index (Phi) is 8.88. The molecule has 12 heavy (non-hydrogen) atoms. The van der Waals surface area contributed by atoms with Crippen LogP contribution in [0.1, 0.15) is 19.3 Å². The Bertz CT molecular complexity index is 86.6. The van der Waals surface area contributed by atoms with Crippen molar-refractivity contribution in [1.82, 2.24) is 4.90 Å². The number of nitrogens with two attached hydrogens (primary N) is 1. The van der Waals surface area contributed by atoms with Gasteiger partial charge in [-0.15, -0.1) is 0 Å². The Morgan fingerprint density at radius 2 is 1.75 bits per heavy atom. The summed E-state index contributed by atoms with van der Waals surface area (Å²) in [7, 11) is 4.16. The molecular formula is C9H22N2O. The number of ether oxygens (including phenoxy) is 1. The summed E-state index contributed by atoms with van der Waals surface area (Å²) in [5, 5.41) is 0. The second-order valence-corrected chi connectivity index (χ2v) is 3.26. The first-order valence-corrected chi connectivity index (χ1v) is 4.70. The van der Waals surface area contributed by atoms with Gasteiger partial charge < -0.3 is 15.4 Å². The first-order chi connectivity index (χ1) is 5.77. The molecule has 0 amide bonds. The smallest absolute Gasteiger partial charge is 0.0478 e. The van der Waals surface area contributed by atoms with Gasteiger partial charge in [0.05, 0.1) is 0 Å². The summed E-state index contributed by atoms with van der Waals surface area (Å²) in [6.45, 7) is 3.63. The molecule has 0 bridgehead atoms. The van der Waals surface area contributed by atoms with Crippen molar-refractivity contribution >= 4 is 0 Å². The summed E-state index contributed by atoms with van der Waals surface area (Å²) in [5.41, 5.74) is 5.35. The fraction of sp³-hybridized carbons (Fsp3) is 1.00. The van der Waals surface area contributed by atoms with Gasteiger partial charge in [0.2, 0.25) is 0 Å². The molecule has 0 spiro atoms. The quantitative estimate of drug-likeness (QED) is 0.550. The molecule has 0 saturated carbocycles. The van der Waals surface area contributed by atoms with Gasteiger partial charge in [0, 0.05) is 13.2 Å².